The number of anilines is 3. The molecule has 1 aromatic heterocycles. The fourth-order valence-corrected chi connectivity index (χ4v) is 13.1. The second-order valence-corrected chi connectivity index (χ2v) is 20.6. The molecule has 0 radical (unpaired) electrons. The van der Waals surface area contributed by atoms with Crippen molar-refractivity contribution in [2.75, 3.05) is 4.90 Å². The number of aromatic nitrogens is 1. The number of rotatable bonds is 2. The van der Waals surface area contributed by atoms with E-state index in [1.165, 1.54) is 20.2 Å². The van der Waals surface area contributed by atoms with E-state index in [0.29, 0.717) is 16.7 Å². The molecule has 42 heavy (non-hydrogen) atoms. The van der Waals surface area contributed by atoms with Gasteiger partial charge in [0.2, 0.25) is 0 Å². The van der Waals surface area contributed by atoms with E-state index in [1.54, 1.807) is 12.3 Å². The van der Waals surface area contributed by atoms with Crippen LogP contribution in [-0.4, -0.2) is 29.8 Å². The Kier molecular flexibility index (Phi) is 5.40. The standard InChI is InChI=1S/C37H26GeN2O2/c1-38(2)29-15-7-9-17-31(29)40(32-18-10-8-16-30(32)38)33-20-19-23(22-39-33)21-28-36(41)34-26-13-5-3-11-24(26)25-12-4-6-14-27(25)35(34)37(28)42/h3-22H,1-2H3. The second-order valence-electron chi connectivity index (χ2n) is 11.5. The number of Topliss-reactive ketones (excluding diaryl/α,β-unsaturated/α-hetero) is 2. The number of carbonyl (C=O) groups is 2. The maximum absolute atomic E-state index is 13.8. The zero-order valence-electron chi connectivity index (χ0n) is 23.3. The molecule has 2 heterocycles. The van der Waals surface area contributed by atoms with Gasteiger partial charge < -0.3 is 0 Å². The van der Waals surface area contributed by atoms with Crippen LogP contribution in [0, 0.1) is 0 Å². The van der Waals surface area contributed by atoms with E-state index in [1.807, 2.05) is 60.7 Å². The average molecular weight is 603 g/mol. The minimum absolute atomic E-state index is 0.185. The molecule has 2 aliphatic rings. The van der Waals surface area contributed by atoms with Gasteiger partial charge in [0.1, 0.15) is 0 Å². The molecule has 0 bridgehead atoms. The summed E-state index contributed by atoms with van der Waals surface area (Å²) >= 11 is -2.49. The number of nitrogens with zero attached hydrogens (tertiary/aromatic N) is 2. The van der Waals surface area contributed by atoms with Crippen molar-refractivity contribution in [2.45, 2.75) is 11.5 Å². The molecule has 0 N–H and O–H groups in total. The van der Waals surface area contributed by atoms with Crippen molar-refractivity contribution in [3.8, 4) is 0 Å². The molecule has 200 valence electrons. The first kappa shape index (κ1) is 24.9. The molecule has 0 atom stereocenters. The summed E-state index contributed by atoms with van der Waals surface area (Å²) in [5.41, 5.74) is 4.25. The number of fused-ring (bicyclic) bond motifs is 8. The number of pyridine rings is 1. The molecule has 4 nitrogen and oxygen atoms in total. The molecular weight excluding hydrogens is 577 g/mol. The quantitative estimate of drug-likeness (QED) is 0.0893. The summed E-state index contributed by atoms with van der Waals surface area (Å²) in [6.07, 6.45) is 3.45. The topological polar surface area (TPSA) is 50.3 Å². The van der Waals surface area contributed by atoms with Crippen molar-refractivity contribution in [3.05, 3.63) is 138 Å². The molecule has 1 aliphatic carbocycles. The summed E-state index contributed by atoms with van der Waals surface area (Å²) in [5.74, 6) is 5.23. The second kappa shape index (κ2) is 9.10. The molecule has 5 aromatic carbocycles. The Balaban J connectivity index is 1.23. The van der Waals surface area contributed by atoms with Gasteiger partial charge in [0, 0.05) is 0 Å². The molecule has 0 unspecified atom stereocenters. The van der Waals surface area contributed by atoms with E-state index in [-0.39, 0.29) is 17.1 Å². The van der Waals surface area contributed by atoms with Crippen LogP contribution in [0.25, 0.3) is 27.6 Å². The van der Waals surface area contributed by atoms with Gasteiger partial charge >= 0.3 is 188 Å². The van der Waals surface area contributed by atoms with Crippen molar-refractivity contribution < 1.29 is 9.59 Å². The summed E-state index contributed by atoms with van der Waals surface area (Å²) in [5, 5.41) is 3.59. The molecule has 0 fully saturated rings. The van der Waals surface area contributed by atoms with Gasteiger partial charge in [0.25, 0.3) is 0 Å². The number of ketones is 2. The number of allylic oxidation sites excluding steroid dienone is 1. The summed E-state index contributed by atoms with van der Waals surface area (Å²) in [6.45, 7) is 0. The fourth-order valence-electron chi connectivity index (χ4n) is 6.81. The normalized spacial score (nSPS) is 15.1. The van der Waals surface area contributed by atoms with Crippen molar-refractivity contribution in [1.82, 2.24) is 4.98 Å². The Labute approximate surface area is 246 Å². The maximum atomic E-state index is 13.8. The molecule has 0 spiro atoms. The van der Waals surface area contributed by atoms with E-state index < -0.39 is 13.3 Å². The first-order valence-electron chi connectivity index (χ1n) is 14.1. The summed E-state index contributed by atoms with van der Waals surface area (Å²) in [7, 11) is 0. The Hall–Kier alpha value is -4.81. The van der Waals surface area contributed by atoms with Crippen LogP contribution >= 0.6 is 0 Å². The molecule has 8 rings (SSSR count). The zero-order valence-corrected chi connectivity index (χ0v) is 25.4. The van der Waals surface area contributed by atoms with Gasteiger partial charge in [-0.2, -0.15) is 0 Å². The van der Waals surface area contributed by atoms with Gasteiger partial charge in [-0.05, 0) is 10.8 Å². The van der Waals surface area contributed by atoms with Gasteiger partial charge in [-0.3, -0.25) is 0 Å². The number of carbonyl (C=O) groups excluding carboxylic acids is 2. The van der Waals surface area contributed by atoms with Crippen molar-refractivity contribution >= 4 is 78.4 Å². The van der Waals surface area contributed by atoms with Crippen LogP contribution in [0.5, 0.6) is 0 Å². The summed E-state index contributed by atoms with van der Waals surface area (Å²) in [6, 6.07) is 36.9. The fraction of sp³-hybridized carbons (Fsp3) is 0.0541. The molecule has 1 aliphatic heterocycles. The third kappa shape index (κ3) is 3.45. The molecular formula is C37H26GeN2O2. The minimum atomic E-state index is -2.49. The van der Waals surface area contributed by atoms with Crippen molar-refractivity contribution in [2.24, 2.45) is 0 Å². The monoisotopic (exact) mass is 604 g/mol. The molecule has 6 aromatic rings. The summed E-state index contributed by atoms with van der Waals surface area (Å²) in [4.78, 5) is 34.7. The van der Waals surface area contributed by atoms with E-state index in [2.05, 4.69) is 64.9 Å². The number of benzene rings is 5. The van der Waals surface area contributed by atoms with E-state index in [4.69, 9.17) is 4.98 Å². The van der Waals surface area contributed by atoms with Gasteiger partial charge in [-0.25, -0.2) is 0 Å². The molecule has 5 heteroatoms. The Morgan fingerprint density at radius 2 is 1.07 bits per heavy atom. The van der Waals surface area contributed by atoms with Crippen LogP contribution in [-0.2, 0) is 0 Å². The van der Waals surface area contributed by atoms with E-state index >= 15 is 0 Å². The molecule has 0 amide bonds. The van der Waals surface area contributed by atoms with Crippen LogP contribution in [0.1, 0.15) is 26.3 Å². The predicted molar refractivity (Wildman–Crippen MR) is 174 cm³/mol. The Morgan fingerprint density at radius 1 is 0.595 bits per heavy atom. The van der Waals surface area contributed by atoms with E-state index in [9.17, 15) is 9.59 Å². The molecule has 0 saturated heterocycles. The van der Waals surface area contributed by atoms with Crippen molar-refractivity contribution in [1.29, 1.82) is 0 Å². The van der Waals surface area contributed by atoms with Crippen LogP contribution < -0.4 is 13.7 Å². The number of hydrogen-bond donors (Lipinski definition) is 0. The Morgan fingerprint density at radius 3 is 1.57 bits per heavy atom. The van der Waals surface area contributed by atoms with Gasteiger partial charge in [0.05, 0.1) is 0 Å². The first-order valence-corrected chi connectivity index (χ1v) is 20.4. The Bertz CT molecular complexity index is 2040. The first-order chi connectivity index (χ1) is 20.4. The predicted octanol–water partition coefficient (Wildman–Crippen LogP) is 7.46. The van der Waals surface area contributed by atoms with Crippen molar-refractivity contribution in [3.63, 3.8) is 0 Å². The van der Waals surface area contributed by atoms with Crippen LogP contribution in [0.15, 0.2) is 121 Å². The van der Waals surface area contributed by atoms with Gasteiger partial charge in [-0.15, -0.1) is 0 Å². The van der Waals surface area contributed by atoms with Crippen LogP contribution in [0.3, 0.4) is 0 Å². The molecule has 0 saturated carbocycles. The number of hydrogen-bond acceptors (Lipinski definition) is 4. The van der Waals surface area contributed by atoms with Gasteiger partial charge in [-0.1, -0.05) is 48.5 Å². The summed E-state index contributed by atoms with van der Waals surface area (Å²) < 4.78 is 2.84. The third-order valence-corrected chi connectivity index (χ3v) is 16.2. The third-order valence-electron chi connectivity index (χ3n) is 8.82. The van der Waals surface area contributed by atoms with Crippen LogP contribution in [0.4, 0.5) is 17.2 Å². The SMILES string of the molecule is [CH3][Ge]1([CH3])[c]2ccccc2N(c2ccc(C=C3C(=O)c4c(c5ccccc5c5ccccc45)C3=O)cn2)c2cccc[c]21. The van der Waals surface area contributed by atoms with Gasteiger partial charge in [0.15, 0.2) is 0 Å². The number of para-hydroxylation sites is 2. The zero-order chi connectivity index (χ0) is 28.6. The average Bonchev–Trinajstić information content (AvgIpc) is 3.27. The van der Waals surface area contributed by atoms with E-state index in [0.717, 1.165) is 27.4 Å². The van der Waals surface area contributed by atoms with Crippen LogP contribution in [0.2, 0.25) is 11.5 Å².